The molecular formula is C20H25N5O3. The van der Waals surface area contributed by atoms with Gasteiger partial charge < -0.3 is 15.6 Å². The number of imidazole rings is 1. The number of hydrogen-bond acceptors (Lipinski definition) is 4. The van der Waals surface area contributed by atoms with E-state index in [2.05, 4.69) is 27.5 Å². The summed E-state index contributed by atoms with van der Waals surface area (Å²) in [6, 6.07) is 6.76. The van der Waals surface area contributed by atoms with Gasteiger partial charge in [-0.1, -0.05) is 19.1 Å². The summed E-state index contributed by atoms with van der Waals surface area (Å²) in [5, 5.41) is 5.65. The number of hydrogen-bond donors (Lipinski definition) is 3. The molecule has 8 heteroatoms. The van der Waals surface area contributed by atoms with Gasteiger partial charge in [-0.15, -0.1) is 0 Å². The van der Waals surface area contributed by atoms with Gasteiger partial charge in [-0.3, -0.25) is 14.5 Å². The van der Waals surface area contributed by atoms with Gasteiger partial charge in [-0.05, 0) is 50.7 Å². The Bertz CT molecular complexity index is 896. The largest absolute Gasteiger partial charge is 0.345 e. The van der Waals surface area contributed by atoms with E-state index in [9.17, 15) is 14.4 Å². The number of nitrogens with one attached hydrogen (secondary N) is 3. The topological polar surface area (TPSA) is 107 Å². The Morgan fingerprint density at radius 1 is 1.32 bits per heavy atom. The van der Waals surface area contributed by atoms with Crippen LogP contribution in [0.25, 0.3) is 11.0 Å². The molecule has 148 valence electrons. The van der Waals surface area contributed by atoms with Crippen LogP contribution in [0.4, 0.5) is 4.79 Å². The fourth-order valence-corrected chi connectivity index (χ4v) is 4.09. The standard InChI is InChI=1S/C20H25N5O3/c1-12-7-9-20(10-8-12)18(27)25(19(28)24-20)11-16(26)21-13(2)17-22-14-5-3-4-6-15(14)23-17/h3-6,12-13H,7-11H2,1-2H3,(H,21,26)(H,22,23)(H,24,28). The second kappa shape index (κ2) is 6.92. The van der Waals surface area contributed by atoms with Gasteiger partial charge in [0.25, 0.3) is 5.91 Å². The summed E-state index contributed by atoms with van der Waals surface area (Å²) < 4.78 is 0. The molecule has 1 atom stereocenters. The molecule has 2 heterocycles. The minimum absolute atomic E-state index is 0.282. The molecule has 2 aromatic rings. The lowest BCUT2D eigenvalue weighted by Crippen LogP contribution is -2.50. The molecule has 1 spiro atoms. The highest BCUT2D eigenvalue weighted by Crippen LogP contribution is 2.36. The van der Waals surface area contributed by atoms with Gasteiger partial charge in [0.15, 0.2) is 0 Å². The van der Waals surface area contributed by atoms with Gasteiger partial charge in [-0.25, -0.2) is 9.78 Å². The third-order valence-corrected chi connectivity index (χ3v) is 5.87. The van der Waals surface area contributed by atoms with Crippen LogP contribution in [0, 0.1) is 5.92 Å². The van der Waals surface area contributed by atoms with Crippen molar-refractivity contribution in [3.63, 3.8) is 0 Å². The summed E-state index contributed by atoms with van der Waals surface area (Å²) in [5.41, 5.74) is 0.885. The van der Waals surface area contributed by atoms with Crippen molar-refractivity contribution >= 4 is 28.9 Å². The van der Waals surface area contributed by atoms with Crippen LogP contribution < -0.4 is 10.6 Å². The van der Waals surface area contributed by atoms with Crippen LogP contribution >= 0.6 is 0 Å². The first-order chi connectivity index (χ1) is 13.4. The lowest BCUT2D eigenvalue weighted by Gasteiger charge is -2.33. The first kappa shape index (κ1) is 18.5. The van der Waals surface area contributed by atoms with E-state index in [0.29, 0.717) is 24.6 Å². The summed E-state index contributed by atoms with van der Waals surface area (Å²) in [7, 11) is 0. The smallest absolute Gasteiger partial charge is 0.325 e. The monoisotopic (exact) mass is 383 g/mol. The number of amides is 4. The molecular weight excluding hydrogens is 358 g/mol. The van der Waals surface area contributed by atoms with Gasteiger partial charge >= 0.3 is 6.03 Å². The molecule has 4 amide bonds. The Kier molecular flexibility index (Phi) is 4.56. The average Bonchev–Trinajstić information content (AvgIpc) is 3.20. The van der Waals surface area contributed by atoms with E-state index in [4.69, 9.17) is 0 Å². The van der Waals surface area contributed by atoms with Crippen LogP contribution in [0.1, 0.15) is 51.4 Å². The normalized spacial score (nSPS) is 25.9. The zero-order chi connectivity index (χ0) is 19.9. The average molecular weight is 383 g/mol. The van der Waals surface area contributed by atoms with E-state index < -0.39 is 17.5 Å². The summed E-state index contributed by atoms with van der Waals surface area (Å²) in [6.45, 7) is 3.68. The zero-order valence-electron chi connectivity index (χ0n) is 16.1. The van der Waals surface area contributed by atoms with Gasteiger partial charge in [0.2, 0.25) is 5.91 Å². The molecule has 2 fully saturated rings. The fourth-order valence-electron chi connectivity index (χ4n) is 4.09. The second-order valence-corrected chi connectivity index (χ2v) is 8.01. The molecule has 4 rings (SSSR count). The number of aromatic amines is 1. The van der Waals surface area contributed by atoms with Crippen molar-refractivity contribution in [1.29, 1.82) is 0 Å². The molecule has 2 aliphatic rings. The van der Waals surface area contributed by atoms with E-state index >= 15 is 0 Å². The molecule has 8 nitrogen and oxygen atoms in total. The predicted octanol–water partition coefficient (Wildman–Crippen LogP) is 2.24. The van der Waals surface area contributed by atoms with Crippen LogP contribution in [0.3, 0.4) is 0 Å². The number of carbonyl (C=O) groups is 3. The molecule has 1 saturated heterocycles. The Morgan fingerprint density at radius 3 is 2.75 bits per heavy atom. The minimum atomic E-state index is -0.825. The van der Waals surface area contributed by atoms with E-state index in [0.717, 1.165) is 28.8 Å². The zero-order valence-corrected chi connectivity index (χ0v) is 16.1. The molecule has 1 aromatic heterocycles. The second-order valence-electron chi connectivity index (χ2n) is 8.01. The molecule has 1 saturated carbocycles. The maximum Gasteiger partial charge on any atom is 0.325 e. The number of urea groups is 1. The van der Waals surface area contributed by atoms with Crippen LogP contribution in [0.5, 0.6) is 0 Å². The maximum absolute atomic E-state index is 12.9. The SMILES string of the molecule is CC1CCC2(CC1)NC(=O)N(CC(=O)NC(C)c1nc3ccccc3[nH]1)C2=O. The number of para-hydroxylation sites is 2. The minimum Gasteiger partial charge on any atom is -0.345 e. The summed E-state index contributed by atoms with van der Waals surface area (Å²) >= 11 is 0. The van der Waals surface area contributed by atoms with E-state index in [1.54, 1.807) is 0 Å². The Balaban J connectivity index is 1.40. The number of benzene rings is 1. The third-order valence-electron chi connectivity index (χ3n) is 5.87. The van der Waals surface area contributed by atoms with E-state index in [-0.39, 0.29) is 18.5 Å². The highest BCUT2D eigenvalue weighted by Gasteiger charge is 2.52. The third kappa shape index (κ3) is 3.23. The van der Waals surface area contributed by atoms with E-state index in [1.165, 1.54) is 0 Å². The lowest BCUT2D eigenvalue weighted by atomic mass is 9.77. The summed E-state index contributed by atoms with van der Waals surface area (Å²) in [6.07, 6.45) is 3.06. The van der Waals surface area contributed by atoms with Crippen LogP contribution in [0.2, 0.25) is 0 Å². The molecule has 1 unspecified atom stereocenters. The van der Waals surface area contributed by atoms with Crippen LogP contribution in [-0.4, -0.2) is 44.8 Å². The first-order valence-electron chi connectivity index (χ1n) is 9.76. The number of rotatable bonds is 4. The number of carbonyl (C=O) groups excluding carboxylic acids is 3. The number of fused-ring (bicyclic) bond motifs is 1. The van der Waals surface area contributed by atoms with Crippen LogP contribution in [0.15, 0.2) is 24.3 Å². The molecule has 28 heavy (non-hydrogen) atoms. The highest BCUT2D eigenvalue weighted by molar-refractivity contribution is 6.09. The molecule has 1 aliphatic carbocycles. The molecule has 1 aliphatic heterocycles. The van der Waals surface area contributed by atoms with Crippen molar-refractivity contribution in [2.75, 3.05) is 6.54 Å². The molecule has 3 N–H and O–H groups in total. The van der Waals surface area contributed by atoms with Crippen molar-refractivity contribution in [1.82, 2.24) is 25.5 Å². The Morgan fingerprint density at radius 2 is 2.04 bits per heavy atom. The van der Waals surface area contributed by atoms with Gasteiger partial charge in [0, 0.05) is 0 Å². The quantitative estimate of drug-likeness (QED) is 0.704. The number of aromatic nitrogens is 2. The van der Waals surface area contributed by atoms with Gasteiger partial charge in [-0.2, -0.15) is 0 Å². The van der Waals surface area contributed by atoms with E-state index in [1.807, 2.05) is 31.2 Å². The van der Waals surface area contributed by atoms with Crippen molar-refractivity contribution in [3.05, 3.63) is 30.1 Å². The highest BCUT2D eigenvalue weighted by atomic mass is 16.2. The molecule has 1 aromatic carbocycles. The van der Waals surface area contributed by atoms with Gasteiger partial charge in [0.05, 0.1) is 17.1 Å². The number of H-pyrrole nitrogens is 1. The van der Waals surface area contributed by atoms with Crippen molar-refractivity contribution in [2.45, 2.75) is 51.1 Å². The molecule has 0 bridgehead atoms. The fraction of sp³-hybridized carbons (Fsp3) is 0.500. The Hall–Kier alpha value is -2.90. The lowest BCUT2D eigenvalue weighted by molar-refractivity contribution is -0.136. The maximum atomic E-state index is 12.9. The van der Waals surface area contributed by atoms with Crippen molar-refractivity contribution < 1.29 is 14.4 Å². The number of imide groups is 1. The number of nitrogens with zero attached hydrogens (tertiary/aromatic N) is 2. The van der Waals surface area contributed by atoms with Crippen molar-refractivity contribution in [3.8, 4) is 0 Å². The summed E-state index contributed by atoms with van der Waals surface area (Å²) in [4.78, 5) is 46.4. The van der Waals surface area contributed by atoms with Crippen LogP contribution in [-0.2, 0) is 9.59 Å². The van der Waals surface area contributed by atoms with Gasteiger partial charge in [0.1, 0.15) is 17.9 Å². The first-order valence-corrected chi connectivity index (χ1v) is 9.76. The molecule has 0 radical (unpaired) electrons. The Labute approximate surface area is 163 Å². The predicted molar refractivity (Wildman–Crippen MR) is 103 cm³/mol. The van der Waals surface area contributed by atoms with Crippen molar-refractivity contribution in [2.24, 2.45) is 5.92 Å². The summed E-state index contributed by atoms with van der Waals surface area (Å²) in [5.74, 6) is 0.510.